The molecule has 13 heavy (non-hydrogen) atoms. The van der Waals surface area contributed by atoms with Crippen LogP contribution < -0.4 is 5.32 Å². The Bertz CT molecular complexity index is 302. The summed E-state index contributed by atoms with van der Waals surface area (Å²) in [7, 11) is 0. The second kappa shape index (κ2) is 4.43. The van der Waals surface area contributed by atoms with Crippen molar-refractivity contribution in [1.29, 1.82) is 0 Å². The van der Waals surface area contributed by atoms with Crippen LogP contribution in [0.4, 0.5) is 4.79 Å². The first-order valence-corrected chi connectivity index (χ1v) is 4.81. The second-order valence-electron chi connectivity index (χ2n) is 2.36. The summed E-state index contributed by atoms with van der Waals surface area (Å²) >= 11 is 5.38. The summed E-state index contributed by atoms with van der Waals surface area (Å²) < 4.78 is 3.96. The van der Waals surface area contributed by atoms with E-state index in [1.54, 1.807) is 6.92 Å². The average Bonchev–Trinajstić information content (AvgIpc) is 2.47. The lowest BCUT2D eigenvalue weighted by Crippen LogP contribution is -2.23. The van der Waals surface area contributed by atoms with E-state index in [0.29, 0.717) is 10.8 Å². The Balaban J connectivity index is 2.48. The predicted molar refractivity (Wildman–Crippen MR) is 50.5 cm³/mol. The van der Waals surface area contributed by atoms with Crippen molar-refractivity contribution in [2.24, 2.45) is 0 Å². The Morgan fingerprint density at radius 2 is 2.46 bits per heavy atom. The maximum absolute atomic E-state index is 10.1. The molecule has 7 heteroatoms. The van der Waals surface area contributed by atoms with Crippen molar-refractivity contribution in [3.05, 3.63) is 10.8 Å². The minimum absolute atomic E-state index is 0.181. The van der Waals surface area contributed by atoms with E-state index in [4.69, 9.17) is 0 Å². The molecule has 0 aliphatic rings. The molecular weight excluding hydrogens is 210 g/mol. The molecule has 0 aromatic carbocycles. The number of thiol groups is 1. The van der Waals surface area contributed by atoms with Gasteiger partial charge in [0.05, 0.1) is 5.25 Å². The summed E-state index contributed by atoms with van der Waals surface area (Å²) in [5, 5.41) is 12.6. The van der Waals surface area contributed by atoms with E-state index in [2.05, 4.69) is 27.3 Å². The number of aryl methyl sites for hydroxylation is 1. The van der Waals surface area contributed by atoms with Gasteiger partial charge in [-0.3, -0.25) is 0 Å². The highest BCUT2D eigenvalue weighted by Crippen LogP contribution is 2.20. The SMILES string of the molecule is Cc1nsc(C(S)CNC([O])=O)n1. The molecule has 5 nitrogen and oxygen atoms in total. The first-order valence-electron chi connectivity index (χ1n) is 3.52. The van der Waals surface area contributed by atoms with Gasteiger partial charge in [-0.15, -0.1) is 0 Å². The number of nitrogens with zero attached hydrogens (tertiary/aromatic N) is 2. The first-order chi connectivity index (χ1) is 6.09. The molecule has 1 radical (unpaired) electrons. The quantitative estimate of drug-likeness (QED) is 0.742. The van der Waals surface area contributed by atoms with Gasteiger partial charge in [-0.1, -0.05) is 0 Å². The lowest BCUT2D eigenvalue weighted by molar-refractivity contribution is 0.169. The average molecular weight is 218 g/mol. The number of amides is 1. The predicted octanol–water partition coefficient (Wildman–Crippen LogP) is 0.958. The van der Waals surface area contributed by atoms with Gasteiger partial charge < -0.3 is 5.32 Å². The Kier molecular flexibility index (Phi) is 3.49. The maximum atomic E-state index is 10.1. The van der Waals surface area contributed by atoms with Gasteiger partial charge in [0.1, 0.15) is 10.8 Å². The number of carbonyl (C=O) groups is 1. The van der Waals surface area contributed by atoms with Crippen molar-refractivity contribution in [3.63, 3.8) is 0 Å². The summed E-state index contributed by atoms with van der Waals surface area (Å²) in [4.78, 5) is 14.1. The number of hydrogen-bond donors (Lipinski definition) is 2. The number of hydrogen-bond acceptors (Lipinski definition) is 5. The van der Waals surface area contributed by atoms with Gasteiger partial charge in [0.15, 0.2) is 0 Å². The van der Waals surface area contributed by atoms with Gasteiger partial charge in [0.2, 0.25) is 0 Å². The van der Waals surface area contributed by atoms with Crippen molar-refractivity contribution in [2.45, 2.75) is 12.2 Å². The fraction of sp³-hybridized carbons (Fsp3) is 0.500. The van der Waals surface area contributed by atoms with Crippen molar-refractivity contribution >= 4 is 30.3 Å². The maximum Gasteiger partial charge on any atom is 0.450 e. The molecule has 1 aromatic rings. The van der Waals surface area contributed by atoms with Crippen LogP contribution in [-0.2, 0) is 5.11 Å². The number of aromatic nitrogens is 2. The van der Waals surface area contributed by atoms with E-state index in [0.717, 1.165) is 0 Å². The van der Waals surface area contributed by atoms with Crippen molar-refractivity contribution < 1.29 is 9.90 Å². The molecule has 1 amide bonds. The third-order valence-corrected chi connectivity index (χ3v) is 2.79. The van der Waals surface area contributed by atoms with Gasteiger partial charge in [0.25, 0.3) is 0 Å². The Morgan fingerprint density at radius 3 is 2.92 bits per heavy atom. The fourth-order valence-corrected chi connectivity index (χ4v) is 1.65. The van der Waals surface area contributed by atoms with Crippen LogP contribution in [0.15, 0.2) is 0 Å². The zero-order valence-electron chi connectivity index (χ0n) is 6.85. The zero-order valence-corrected chi connectivity index (χ0v) is 8.56. The molecular formula is C6H8N3O2S2. The van der Waals surface area contributed by atoms with Crippen LogP contribution in [0, 0.1) is 6.92 Å². The van der Waals surface area contributed by atoms with Crippen LogP contribution in [0.1, 0.15) is 16.1 Å². The van der Waals surface area contributed by atoms with E-state index in [1.165, 1.54) is 11.5 Å². The van der Waals surface area contributed by atoms with Gasteiger partial charge in [0, 0.05) is 6.54 Å². The highest BCUT2D eigenvalue weighted by Gasteiger charge is 2.12. The largest absolute Gasteiger partial charge is 0.450 e. The van der Waals surface area contributed by atoms with Gasteiger partial charge in [-0.05, 0) is 18.5 Å². The van der Waals surface area contributed by atoms with Crippen molar-refractivity contribution in [1.82, 2.24) is 14.7 Å². The van der Waals surface area contributed by atoms with E-state index in [-0.39, 0.29) is 11.8 Å². The van der Waals surface area contributed by atoms with Crippen LogP contribution >= 0.6 is 24.2 Å². The van der Waals surface area contributed by atoms with E-state index in [1.807, 2.05) is 0 Å². The minimum Gasteiger partial charge on any atom is -0.317 e. The Labute approximate surface area is 84.8 Å². The van der Waals surface area contributed by atoms with Gasteiger partial charge in [-0.25, -0.2) is 14.9 Å². The van der Waals surface area contributed by atoms with E-state index in [9.17, 15) is 9.90 Å². The normalized spacial score (nSPS) is 12.5. The molecule has 0 aliphatic carbocycles. The molecule has 1 heterocycles. The topological polar surface area (TPSA) is 74.8 Å². The second-order valence-corrected chi connectivity index (χ2v) is 3.77. The lowest BCUT2D eigenvalue weighted by Gasteiger charge is -2.04. The van der Waals surface area contributed by atoms with Crippen LogP contribution in [-0.4, -0.2) is 22.0 Å². The molecule has 1 N–H and O–H groups in total. The highest BCUT2D eigenvalue weighted by molar-refractivity contribution is 7.80. The van der Waals surface area contributed by atoms with Crippen LogP contribution in [0.25, 0.3) is 0 Å². The standard InChI is InChI=1S/C6H8N3O2S2/c1-3-8-5(13-9-3)4(12)2-7-6(10)11/h4,7,12H,2H2,1H3. The molecule has 0 bridgehead atoms. The Hall–Kier alpha value is -0.820. The first kappa shape index (κ1) is 10.3. The summed E-state index contributed by atoms with van der Waals surface area (Å²) in [6.07, 6.45) is -1.31. The third-order valence-electron chi connectivity index (χ3n) is 1.27. The molecule has 0 saturated carbocycles. The molecule has 1 rings (SSSR count). The monoisotopic (exact) mass is 218 g/mol. The molecule has 0 saturated heterocycles. The summed E-state index contributed by atoms with van der Waals surface area (Å²) in [6, 6.07) is 0. The van der Waals surface area contributed by atoms with Crippen molar-refractivity contribution in [2.75, 3.05) is 6.54 Å². The summed E-state index contributed by atoms with van der Waals surface area (Å²) in [5.41, 5.74) is 0. The third kappa shape index (κ3) is 3.19. The molecule has 0 aliphatic heterocycles. The van der Waals surface area contributed by atoms with Gasteiger partial charge in [-0.2, -0.15) is 17.0 Å². The zero-order chi connectivity index (χ0) is 9.84. The molecule has 71 valence electrons. The smallest absolute Gasteiger partial charge is 0.317 e. The lowest BCUT2D eigenvalue weighted by atomic mass is 10.4. The van der Waals surface area contributed by atoms with Crippen molar-refractivity contribution in [3.8, 4) is 0 Å². The van der Waals surface area contributed by atoms with Gasteiger partial charge >= 0.3 is 6.09 Å². The summed E-state index contributed by atoms with van der Waals surface area (Å²) in [5.74, 6) is 0.674. The minimum atomic E-state index is -1.31. The number of carbonyl (C=O) groups excluding carboxylic acids is 1. The van der Waals surface area contributed by atoms with Crippen LogP contribution in [0.2, 0.25) is 0 Å². The van der Waals surface area contributed by atoms with Crippen LogP contribution in [0.3, 0.4) is 0 Å². The molecule has 0 spiro atoms. The van der Waals surface area contributed by atoms with E-state index >= 15 is 0 Å². The van der Waals surface area contributed by atoms with Crippen LogP contribution in [0.5, 0.6) is 0 Å². The molecule has 0 fully saturated rings. The molecule has 1 atom stereocenters. The fourth-order valence-electron chi connectivity index (χ4n) is 0.716. The molecule has 1 aromatic heterocycles. The summed E-state index contributed by atoms with van der Waals surface area (Å²) in [6.45, 7) is 1.95. The number of rotatable bonds is 3. The number of nitrogens with one attached hydrogen (secondary N) is 1. The highest BCUT2D eigenvalue weighted by atomic mass is 32.1. The van der Waals surface area contributed by atoms with E-state index < -0.39 is 6.09 Å². The molecule has 1 unspecified atom stereocenters. The Morgan fingerprint density at radius 1 is 1.77 bits per heavy atom.